The fraction of sp³-hybridized carbons (Fsp3) is 0.647. The van der Waals surface area contributed by atoms with Crippen molar-refractivity contribution in [1.29, 1.82) is 0 Å². The summed E-state index contributed by atoms with van der Waals surface area (Å²) in [6.45, 7) is 11.1. The molecule has 0 aliphatic heterocycles. The summed E-state index contributed by atoms with van der Waals surface area (Å²) in [4.78, 5) is 2.44. The van der Waals surface area contributed by atoms with Crippen molar-refractivity contribution in [3.05, 3.63) is 35.4 Å². The molecule has 0 heterocycles. The largest absolute Gasteiger partial charge is 0.380 e. The van der Waals surface area contributed by atoms with Gasteiger partial charge < -0.3 is 10.1 Å². The van der Waals surface area contributed by atoms with Crippen LogP contribution in [0.15, 0.2) is 24.3 Å². The number of benzene rings is 1. The normalized spacial score (nSPS) is 12.8. The first-order valence-electron chi connectivity index (χ1n) is 7.81. The summed E-state index contributed by atoms with van der Waals surface area (Å²) in [5.41, 5.74) is 2.76. The van der Waals surface area contributed by atoms with Crippen molar-refractivity contribution < 1.29 is 4.74 Å². The average Bonchev–Trinajstić information content (AvgIpc) is 2.51. The van der Waals surface area contributed by atoms with Crippen molar-refractivity contribution in [2.24, 2.45) is 0 Å². The molecule has 1 unspecified atom stereocenters. The van der Waals surface area contributed by atoms with Gasteiger partial charge in [0.25, 0.3) is 0 Å². The van der Waals surface area contributed by atoms with Gasteiger partial charge in [-0.15, -0.1) is 0 Å². The van der Waals surface area contributed by atoms with Gasteiger partial charge in [0.15, 0.2) is 0 Å². The molecule has 0 amide bonds. The lowest BCUT2D eigenvalue weighted by atomic mass is 10.0. The molecule has 3 nitrogen and oxygen atoms in total. The topological polar surface area (TPSA) is 24.5 Å². The molecular formula is C17H30N2O. The van der Waals surface area contributed by atoms with E-state index in [-0.39, 0.29) is 0 Å². The van der Waals surface area contributed by atoms with Gasteiger partial charge in [-0.2, -0.15) is 0 Å². The van der Waals surface area contributed by atoms with Gasteiger partial charge in [0.1, 0.15) is 0 Å². The second-order valence-electron chi connectivity index (χ2n) is 5.03. The van der Waals surface area contributed by atoms with Gasteiger partial charge in [0.05, 0.1) is 6.61 Å². The van der Waals surface area contributed by atoms with Crippen LogP contribution >= 0.6 is 0 Å². The van der Waals surface area contributed by atoms with Crippen molar-refractivity contribution in [1.82, 2.24) is 10.2 Å². The van der Waals surface area contributed by atoms with E-state index in [2.05, 4.69) is 48.3 Å². The molecule has 1 rings (SSSR count). The van der Waals surface area contributed by atoms with E-state index in [1.165, 1.54) is 11.1 Å². The Labute approximate surface area is 124 Å². The minimum Gasteiger partial charge on any atom is -0.380 e. The molecule has 0 bridgehead atoms. The van der Waals surface area contributed by atoms with Crippen LogP contribution in [-0.4, -0.2) is 44.8 Å². The van der Waals surface area contributed by atoms with Gasteiger partial charge in [-0.05, 0) is 38.1 Å². The molecule has 1 aromatic carbocycles. The van der Waals surface area contributed by atoms with Crippen LogP contribution in [0.1, 0.15) is 37.9 Å². The Morgan fingerprint density at radius 3 is 2.35 bits per heavy atom. The summed E-state index contributed by atoms with van der Waals surface area (Å²) >= 11 is 0. The molecular weight excluding hydrogens is 248 g/mol. The van der Waals surface area contributed by atoms with E-state index in [4.69, 9.17) is 4.74 Å². The highest BCUT2D eigenvalue weighted by molar-refractivity contribution is 5.25. The van der Waals surface area contributed by atoms with E-state index >= 15 is 0 Å². The summed E-state index contributed by atoms with van der Waals surface area (Å²) in [6, 6.07) is 9.33. The molecule has 3 heteroatoms. The number of hydrogen-bond acceptors (Lipinski definition) is 3. The van der Waals surface area contributed by atoms with E-state index in [0.29, 0.717) is 6.04 Å². The second kappa shape index (κ2) is 9.92. The number of nitrogens with one attached hydrogen (secondary N) is 1. The molecule has 0 spiro atoms. The van der Waals surface area contributed by atoms with Crippen molar-refractivity contribution in [2.75, 3.05) is 39.9 Å². The van der Waals surface area contributed by atoms with Crippen molar-refractivity contribution in [2.45, 2.75) is 33.2 Å². The number of nitrogens with zero attached hydrogens (tertiary/aromatic N) is 1. The van der Waals surface area contributed by atoms with Crippen LogP contribution in [0.25, 0.3) is 0 Å². The van der Waals surface area contributed by atoms with Crippen LogP contribution in [0.2, 0.25) is 0 Å². The third kappa shape index (κ3) is 5.61. The Hall–Kier alpha value is -0.900. The lowest BCUT2D eigenvalue weighted by Gasteiger charge is -2.26. The maximum atomic E-state index is 5.45. The van der Waals surface area contributed by atoms with Crippen LogP contribution in [0, 0.1) is 0 Å². The Balaban J connectivity index is 2.58. The van der Waals surface area contributed by atoms with Gasteiger partial charge in [0.2, 0.25) is 0 Å². The Bertz CT molecular complexity index is 351. The molecule has 0 saturated carbocycles. The fourth-order valence-corrected chi connectivity index (χ4v) is 2.32. The molecule has 0 aliphatic carbocycles. The maximum absolute atomic E-state index is 5.45. The number of rotatable bonds is 10. The molecule has 114 valence electrons. The average molecular weight is 278 g/mol. The lowest BCUT2D eigenvalue weighted by molar-refractivity contribution is 0.111. The van der Waals surface area contributed by atoms with Crippen molar-refractivity contribution in [3.8, 4) is 0 Å². The van der Waals surface area contributed by atoms with Crippen LogP contribution in [0.3, 0.4) is 0 Å². The quantitative estimate of drug-likeness (QED) is 0.666. The van der Waals surface area contributed by atoms with Crippen LogP contribution in [0.5, 0.6) is 0 Å². The Morgan fingerprint density at radius 1 is 1.15 bits per heavy atom. The molecule has 0 saturated heterocycles. The van der Waals surface area contributed by atoms with Gasteiger partial charge in [0, 0.05) is 25.7 Å². The SMILES string of the molecule is CCOCCN(CC)CC(NC)c1ccc(CC)cc1. The summed E-state index contributed by atoms with van der Waals surface area (Å²) in [6.07, 6.45) is 1.10. The van der Waals surface area contributed by atoms with Crippen LogP contribution in [0.4, 0.5) is 0 Å². The first kappa shape index (κ1) is 17.2. The van der Waals surface area contributed by atoms with Gasteiger partial charge >= 0.3 is 0 Å². The predicted octanol–water partition coefficient (Wildman–Crippen LogP) is 2.87. The minimum atomic E-state index is 0.377. The third-order valence-electron chi connectivity index (χ3n) is 3.78. The zero-order valence-corrected chi connectivity index (χ0v) is 13.5. The fourth-order valence-electron chi connectivity index (χ4n) is 2.32. The lowest BCUT2D eigenvalue weighted by Crippen LogP contribution is -2.35. The number of ether oxygens (including phenoxy) is 1. The van der Waals surface area contributed by atoms with E-state index < -0.39 is 0 Å². The smallest absolute Gasteiger partial charge is 0.0593 e. The molecule has 0 fully saturated rings. The van der Waals surface area contributed by atoms with E-state index in [9.17, 15) is 0 Å². The summed E-state index contributed by atoms with van der Waals surface area (Å²) in [7, 11) is 2.04. The van der Waals surface area contributed by atoms with Crippen molar-refractivity contribution >= 4 is 0 Å². The number of aryl methyl sites for hydroxylation is 1. The predicted molar refractivity (Wildman–Crippen MR) is 86.2 cm³/mol. The highest BCUT2D eigenvalue weighted by atomic mass is 16.5. The maximum Gasteiger partial charge on any atom is 0.0593 e. The summed E-state index contributed by atoms with van der Waals surface area (Å²) < 4.78 is 5.45. The van der Waals surface area contributed by atoms with Gasteiger partial charge in [-0.3, -0.25) is 4.90 Å². The van der Waals surface area contributed by atoms with Crippen LogP contribution in [-0.2, 0) is 11.2 Å². The molecule has 1 N–H and O–H groups in total. The van der Waals surface area contributed by atoms with E-state index in [1.54, 1.807) is 0 Å². The molecule has 20 heavy (non-hydrogen) atoms. The van der Waals surface area contributed by atoms with Crippen LogP contribution < -0.4 is 5.32 Å². The van der Waals surface area contributed by atoms with Crippen molar-refractivity contribution in [3.63, 3.8) is 0 Å². The minimum absolute atomic E-state index is 0.377. The third-order valence-corrected chi connectivity index (χ3v) is 3.78. The van der Waals surface area contributed by atoms with Gasteiger partial charge in [-0.25, -0.2) is 0 Å². The second-order valence-corrected chi connectivity index (χ2v) is 5.03. The van der Waals surface area contributed by atoms with E-state index in [1.807, 2.05) is 14.0 Å². The molecule has 1 aromatic rings. The molecule has 1 atom stereocenters. The van der Waals surface area contributed by atoms with Gasteiger partial charge in [-0.1, -0.05) is 38.1 Å². The molecule has 0 aliphatic rings. The molecule has 0 radical (unpaired) electrons. The monoisotopic (exact) mass is 278 g/mol. The zero-order chi connectivity index (χ0) is 14.8. The van der Waals surface area contributed by atoms with E-state index in [0.717, 1.165) is 39.3 Å². The number of hydrogen-bond donors (Lipinski definition) is 1. The zero-order valence-electron chi connectivity index (χ0n) is 13.5. The standard InChI is InChI=1S/C17H30N2O/c1-5-15-8-10-16(11-9-15)17(18-4)14-19(6-2)12-13-20-7-3/h8-11,17-18H,5-7,12-14H2,1-4H3. The first-order valence-corrected chi connectivity index (χ1v) is 7.81. The highest BCUT2D eigenvalue weighted by Crippen LogP contribution is 2.15. The summed E-state index contributed by atoms with van der Waals surface area (Å²) in [5, 5.41) is 3.43. The highest BCUT2D eigenvalue weighted by Gasteiger charge is 2.13. The Kier molecular flexibility index (Phi) is 8.51. The summed E-state index contributed by atoms with van der Waals surface area (Å²) in [5.74, 6) is 0. The molecule has 0 aromatic heterocycles. The first-order chi connectivity index (χ1) is 9.74. The Morgan fingerprint density at radius 2 is 1.85 bits per heavy atom. The number of likely N-dealkylation sites (N-methyl/N-ethyl adjacent to an activating group) is 2.